The van der Waals surface area contributed by atoms with E-state index >= 15 is 0 Å². The topological polar surface area (TPSA) is 77.2 Å². The molecule has 0 aliphatic heterocycles. The molecule has 0 unspecified atom stereocenters. The number of hydrogen-bond acceptors (Lipinski definition) is 6. The van der Waals surface area contributed by atoms with Crippen molar-refractivity contribution in [2.75, 3.05) is 5.32 Å². The van der Waals surface area contributed by atoms with Gasteiger partial charge < -0.3 is 14.5 Å². The Morgan fingerprint density at radius 1 is 1.19 bits per heavy atom. The van der Waals surface area contributed by atoms with Crippen LogP contribution in [0, 0.1) is 6.92 Å². The number of nitrogens with one attached hydrogen (secondary N) is 1. The number of anilines is 1. The number of benzene rings is 2. The summed E-state index contributed by atoms with van der Waals surface area (Å²) < 4.78 is 11.1. The van der Waals surface area contributed by atoms with Gasteiger partial charge in [0.15, 0.2) is 6.61 Å². The second-order valence-electron chi connectivity index (χ2n) is 5.82. The highest BCUT2D eigenvalue weighted by Crippen LogP contribution is 2.24. The molecule has 1 atom stereocenters. The van der Waals surface area contributed by atoms with Crippen LogP contribution in [0.15, 0.2) is 58.2 Å². The molecule has 6 nitrogen and oxygen atoms in total. The molecule has 1 aromatic heterocycles. The lowest BCUT2D eigenvalue weighted by molar-refractivity contribution is -0.115. The first-order chi connectivity index (χ1) is 13.0. The molecule has 1 amide bonds. The highest BCUT2D eigenvalue weighted by molar-refractivity contribution is 8.00. The third-order valence-corrected chi connectivity index (χ3v) is 4.78. The molecule has 8 heteroatoms. The Balaban J connectivity index is 1.50. The SMILES string of the molecule is Cc1ccc(NC(=O)[C@H](C)Sc2nnc(COc3ccc(Cl)cc3)o2)cc1. The van der Waals surface area contributed by atoms with Gasteiger partial charge in [-0.25, -0.2) is 0 Å². The van der Waals surface area contributed by atoms with Gasteiger partial charge in [-0.2, -0.15) is 0 Å². The number of hydrogen-bond donors (Lipinski definition) is 1. The maximum atomic E-state index is 12.3. The molecule has 1 heterocycles. The summed E-state index contributed by atoms with van der Waals surface area (Å²) in [6, 6.07) is 14.6. The van der Waals surface area contributed by atoms with Crippen LogP contribution in [-0.4, -0.2) is 21.4 Å². The first kappa shape index (κ1) is 19.3. The number of ether oxygens (including phenoxy) is 1. The second kappa shape index (κ2) is 8.92. The number of aryl methyl sites for hydroxylation is 1. The van der Waals surface area contributed by atoms with Crippen molar-refractivity contribution in [2.45, 2.75) is 30.9 Å². The van der Waals surface area contributed by atoms with E-state index in [4.69, 9.17) is 20.8 Å². The van der Waals surface area contributed by atoms with Crippen LogP contribution in [0.5, 0.6) is 5.75 Å². The predicted molar refractivity (Wildman–Crippen MR) is 105 cm³/mol. The lowest BCUT2D eigenvalue weighted by Crippen LogP contribution is -2.22. The van der Waals surface area contributed by atoms with Gasteiger partial charge in [-0.05, 0) is 50.2 Å². The molecule has 0 saturated carbocycles. The molecule has 3 aromatic rings. The van der Waals surface area contributed by atoms with E-state index in [-0.39, 0.29) is 12.5 Å². The second-order valence-corrected chi connectivity index (χ2v) is 7.55. The molecule has 0 fully saturated rings. The monoisotopic (exact) mass is 403 g/mol. The lowest BCUT2D eigenvalue weighted by Gasteiger charge is -2.10. The minimum absolute atomic E-state index is 0.138. The van der Waals surface area contributed by atoms with Crippen LogP contribution in [0.1, 0.15) is 18.4 Å². The van der Waals surface area contributed by atoms with Crippen LogP contribution in [0.3, 0.4) is 0 Å². The molecular weight excluding hydrogens is 386 g/mol. The van der Waals surface area contributed by atoms with E-state index in [0.717, 1.165) is 11.3 Å². The molecular formula is C19H18ClN3O3S. The van der Waals surface area contributed by atoms with Crippen molar-refractivity contribution >= 4 is 35.0 Å². The maximum absolute atomic E-state index is 12.3. The van der Waals surface area contributed by atoms with Gasteiger partial charge in [-0.15, -0.1) is 10.2 Å². The number of thioether (sulfide) groups is 1. The molecule has 2 aromatic carbocycles. The quantitative estimate of drug-likeness (QED) is 0.574. The van der Waals surface area contributed by atoms with Crippen LogP contribution >= 0.6 is 23.4 Å². The van der Waals surface area contributed by atoms with Crippen molar-refractivity contribution < 1.29 is 13.9 Å². The Bertz CT molecular complexity index is 897. The van der Waals surface area contributed by atoms with Crippen LogP contribution in [0.4, 0.5) is 5.69 Å². The fourth-order valence-electron chi connectivity index (χ4n) is 2.11. The molecule has 0 radical (unpaired) electrons. The van der Waals surface area contributed by atoms with E-state index in [1.807, 2.05) is 31.2 Å². The summed E-state index contributed by atoms with van der Waals surface area (Å²) in [6.45, 7) is 3.91. The van der Waals surface area contributed by atoms with Crippen molar-refractivity contribution in [3.63, 3.8) is 0 Å². The number of rotatable bonds is 7. The summed E-state index contributed by atoms with van der Waals surface area (Å²) in [7, 11) is 0. The molecule has 0 bridgehead atoms. The van der Waals surface area contributed by atoms with E-state index in [1.54, 1.807) is 31.2 Å². The predicted octanol–water partition coefficient (Wildman–Crippen LogP) is 4.73. The summed E-state index contributed by atoms with van der Waals surface area (Å²) in [6.07, 6.45) is 0. The lowest BCUT2D eigenvalue weighted by atomic mass is 10.2. The van der Waals surface area contributed by atoms with E-state index < -0.39 is 5.25 Å². The molecule has 0 saturated heterocycles. The number of carbonyl (C=O) groups is 1. The van der Waals surface area contributed by atoms with E-state index in [9.17, 15) is 4.79 Å². The van der Waals surface area contributed by atoms with Gasteiger partial charge in [0.25, 0.3) is 11.1 Å². The molecule has 140 valence electrons. The summed E-state index contributed by atoms with van der Waals surface area (Å²) in [5.74, 6) is 0.845. The number of amides is 1. The Labute approximate surface area is 166 Å². The van der Waals surface area contributed by atoms with Gasteiger partial charge in [0.2, 0.25) is 5.91 Å². The van der Waals surface area contributed by atoms with Crippen LogP contribution < -0.4 is 10.1 Å². The number of nitrogens with zero attached hydrogens (tertiary/aromatic N) is 2. The third-order valence-electron chi connectivity index (χ3n) is 3.59. The van der Waals surface area contributed by atoms with Crippen LogP contribution in [-0.2, 0) is 11.4 Å². The van der Waals surface area contributed by atoms with E-state index in [2.05, 4.69) is 15.5 Å². The fourth-order valence-corrected chi connectivity index (χ4v) is 2.93. The Morgan fingerprint density at radius 3 is 2.59 bits per heavy atom. The first-order valence-corrected chi connectivity index (χ1v) is 9.50. The summed E-state index contributed by atoms with van der Waals surface area (Å²) in [5.41, 5.74) is 1.88. The van der Waals surface area contributed by atoms with Gasteiger partial charge >= 0.3 is 0 Å². The average molecular weight is 404 g/mol. The van der Waals surface area contributed by atoms with Gasteiger partial charge in [0.1, 0.15) is 5.75 Å². The largest absolute Gasteiger partial charge is 0.484 e. The molecule has 1 N–H and O–H groups in total. The zero-order valence-corrected chi connectivity index (χ0v) is 16.4. The van der Waals surface area contributed by atoms with Crippen molar-refractivity contribution in [2.24, 2.45) is 0 Å². The summed E-state index contributed by atoms with van der Waals surface area (Å²) >= 11 is 7.03. The van der Waals surface area contributed by atoms with Gasteiger partial charge in [0, 0.05) is 10.7 Å². The summed E-state index contributed by atoms with van der Waals surface area (Å²) in [4.78, 5) is 12.3. The average Bonchev–Trinajstić information content (AvgIpc) is 3.10. The maximum Gasteiger partial charge on any atom is 0.277 e. The number of carbonyl (C=O) groups excluding carboxylic acids is 1. The van der Waals surface area contributed by atoms with Crippen LogP contribution in [0.2, 0.25) is 5.02 Å². The molecule has 3 rings (SSSR count). The van der Waals surface area contributed by atoms with Crippen LogP contribution in [0.25, 0.3) is 0 Å². The van der Waals surface area contributed by atoms with E-state index in [0.29, 0.717) is 21.9 Å². The molecule has 0 spiro atoms. The zero-order valence-electron chi connectivity index (χ0n) is 14.8. The van der Waals surface area contributed by atoms with E-state index in [1.165, 1.54) is 11.8 Å². The zero-order chi connectivity index (χ0) is 19.2. The highest BCUT2D eigenvalue weighted by atomic mass is 35.5. The Kier molecular flexibility index (Phi) is 6.36. The normalized spacial score (nSPS) is 11.8. The number of aromatic nitrogens is 2. The van der Waals surface area contributed by atoms with Crippen molar-refractivity contribution in [3.8, 4) is 5.75 Å². The minimum Gasteiger partial charge on any atom is -0.484 e. The summed E-state index contributed by atoms with van der Waals surface area (Å²) in [5, 5.41) is 11.3. The third kappa shape index (κ3) is 5.74. The smallest absolute Gasteiger partial charge is 0.277 e. The molecule has 27 heavy (non-hydrogen) atoms. The van der Waals surface area contributed by atoms with Gasteiger partial charge in [-0.1, -0.05) is 41.1 Å². The minimum atomic E-state index is -0.392. The van der Waals surface area contributed by atoms with Gasteiger partial charge in [0.05, 0.1) is 5.25 Å². The number of halogens is 1. The fraction of sp³-hybridized carbons (Fsp3) is 0.211. The van der Waals surface area contributed by atoms with Crippen molar-refractivity contribution in [3.05, 3.63) is 65.0 Å². The Morgan fingerprint density at radius 2 is 1.89 bits per heavy atom. The molecule has 0 aliphatic carbocycles. The Hall–Kier alpha value is -2.51. The first-order valence-electron chi connectivity index (χ1n) is 8.24. The highest BCUT2D eigenvalue weighted by Gasteiger charge is 2.18. The van der Waals surface area contributed by atoms with Crippen molar-refractivity contribution in [1.29, 1.82) is 0 Å². The standard InChI is InChI=1S/C19H18ClN3O3S/c1-12-3-7-15(8-4-12)21-18(24)13(2)27-19-23-22-17(26-19)11-25-16-9-5-14(20)6-10-16/h3-10,13H,11H2,1-2H3,(H,21,24)/t13-/m0/s1. The van der Waals surface area contributed by atoms with Crippen molar-refractivity contribution in [1.82, 2.24) is 10.2 Å². The molecule has 0 aliphatic rings. The van der Waals surface area contributed by atoms with Gasteiger partial charge in [-0.3, -0.25) is 4.79 Å².